The fourth-order valence-corrected chi connectivity index (χ4v) is 4.41. The van der Waals surface area contributed by atoms with Crippen molar-refractivity contribution in [2.24, 2.45) is 0 Å². The molecule has 0 saturated carbocycles. The molecule has 1 unspecified atom stereocenters. The number of anilines is 1. The van der Waals surface area contributed by atoms with Crippen LogP contribution in [-0.2, 0) is 6.61 Å². The highest BCUT2D eigenvalue weighted by Gasteiger charge is 2.23. The molecule has 1 aliphatic rings. The molecular formula is C24H23BrN4O2. The lowest BCUT2D eigenvalue weighted by Gasteiger charge is -2.25. The number of hydrogen-bond acceptors (Lipinski definition) is 6. The van der Waals surface area contributed by atoms with Crippen molar-refractivity contribution >= 4 is 21.7 Å². The van der Waals surface area contributed by atoms with Crippen molar-refractivity contribution in [3.05, 3.63) is 69.7 Å². The summed E-state index contributed by atoms with van der Waals surface area (Å²) in [5.74, 6) is 0.895. The monoisotopic (exact) mass is 478 g/mol. The molecule has 158 valence electrons. The lowest BCUT2D eigenvalue weighted by Crippen LogP contribution is -2.29. The number of phenolic OH excluding ortho intramolecular Hbond substituents is 1. The molecule has 4 N–H and O–H groups in total. The Kier molecular flexibility index (Phi) is 6.40. The van der Waals surface area contributed by atoms with Crippen LogP contribution in [0.1, 0.15) is 35.4 Å². The molecule has 4 rings (SSSR count). The fourth-order valence-electron chi connectivity index (χ4n) is 3.96. The van der Waals surface area contributed by atoms with E-state index >= 15 is 0 Å². The Bertz CT molecular complexity index is 1140. The number of nitrogens with two attached hydrogens (primary N) is 1. The summed E-state index contributed by atoms with van der Waals surface area (Å²) in [4.78, 5) is 4.45. The lowest BCUT2D eigenvalue weighted by molar-refractivity contribution is 0.306. The van der Waals surface area contributed by atoms with Gasteiger partial charge in [-0.1, -0.05) is 34.1 Å². The maximum absolute atomic E-state index is 10.7. The number of benzene rings is 2. The minimum absolute atomic E-state index is 0.0519. The molecule has 0 spiro atoms. The number of nitrogens with zero attached hydrogens (tertiary/aromatic N) is 2. The van der Waals surface area contributed by atoms with E-state index in [9.17, 15) is 10.4 Å². The number of aromatic nitrogens is 1. The minimum atomic E-state index is 0.0519. The molecule has 0 amide bonds. The molecule has 2 heterocycles. The second-order valence-electron chi connectivity index (χ2n) is 7.58. The highest BCUT2D eigenvalue weighted by molar-refractivity contribution is 9.10. The van der Waals surface area contributed by atoms with Gasteiger partial charge in [-0.2, -0.15) is 5.26 Å². The molecule has 7 heteroatoms. The van der Waals surface area contributed by atoms with Gasteiger partial charge < -0.3 is 20.9 Å². The van der Waals surface area contributed by atoms with Crippen molar-refractivity contribution in [2.45, 2.75) is 25.4 Å². The standard InChI is InChI=1S/C24H23BrN4O2/c25-17-6-1-4-15(10-17)14-31-22-8-2-7-21(30)23(22)20-11-18(16-5-3-9-28-13-16)19(12-26)24(27)29-20/h1-2,4,6-8,10-11,16,28,30H,3,5,9,13-14H2,(H2,27,29). The van der Waals surface area contributed by atoms with E-state index in [1.165, 1.54) is 0 Å². The van der Waals surface area contributed by atoms with Crippen molar-refractivity contribution in [1.82, 2.24) is 10.3 Å². The summed E-state index contributed by atoms with van der Waals surface area (Å²) in [6, 6.07) is 17.0. The van der Waals surface area contributed by atoms with Crippen molar-refractivity contribution < 1.29 is 9.84 Å². The molecule has 0 aliphatic carbocycles. The molecule has 1 saturated heterocycles. The van der Waals surface area contributed by atoms with E-state index in [0.717, 1.165) is 41.5 Å². The van der Waals surface area contributed by atoms with Gasteiger partial charge in [0.15, 0.2) is 0 Å². The first-order valence-electron chi connectivity index (χ1n) is 10.2. The average molecular weight is 479 g/mol. The van der Waals surface area contributed by atoms with Crippen LogP contribution in [0.25, 0.3) is 11.3 Å². The average Bonchev–Trinajstić information content (AvgIpc) is 2.78. The Morgan fingerprint density at radius 2 is 2.10 bits per heavy atom. The van der Waals surface area contributed by atoms with Gasteiger partial charge in [-0.3, -0.25) is 0 Å². The van der Waals surface area contributed by atoms with Crippen LogP contribution >= 0.6 is 15.9 Å². The molecule has 1 atom stereocenters. The first-order chi connectivity index (χ1) is 15.1. The molecule has 6 nitrogen and oxygen atoms in total. The lowest BCUT2D eigenvalue weighted by atomic mass is 9.88. The largest absolute Gasteiger partial charge is 0.507 e. The predicted molar refractivity (Wildman–Crippen MR) is 124 cm³/mol. The highest BCUT2D eigenvalue weighted by Crippen LogP contribution is 2.40. The van der Waals surface area contributed by atoms with Gasteiger partial charge in [0.05, 0.1) is 16.8 Å². The molecule has 1 aromatic heterocycles. The number of pyridine rings is 1. The molecule has 3 aromatic rings. The third kappa shape index (κ3) is 4.66. The van der Waals surface area contributed by atoms with E-state index < -0.39 is 0 Å². The van der Waals surface area contributed by atoms with Gasteiger partial charge in [0.25, 0.3) is 0 Å². The number of nitrogen functional groups attached to an aromatic ring is 1. The summed E-state index contributed by atoms with van der Waals surface area (Å²) >= 11 is 3.47. The number of hydrogen-bond donors (Lipinski definition) is 3. The van der Waals surface area contributed by atoms with Gasteiger partial charge in [-0.25, -0.2) is 4.98 Å². The van der Waals surface area contributed by atoms with Gasteiger partial charge >= 0.3 is 0 Å². The van der Waals surface area contributed by atoms with Gasteiger partial charge in [-0.15, -0.1) is 0 Å². The number of nitriles is 1. The Hall–Kier alpha value is -3.08. The zero-order valence-electron chi connectivity index (χ0n) is 16.9. The predicted octanol–water partition coefficient (Wildman–Crippen LogP) is 4.72. The van der Waals surface area contributed by atoms with E-state index in [0.29, 0.717) is 29.2 Å². The molecule has 0 radical (unpaired) electrons. The molecule has 1 fully saturated rings. The number of piperidine rings is 1. The van der Waals surface area contributed by atoms with E-state index in [1.807, 2.05) is 30.3 Å². The van der Waals surface area contributed by atoms with E-state index in [-0.39, 0.29) is 17.5 Å². The third-order valence-corrected chi connectivity index (χ3v) is 5.96. The van der Waals surface area contributed by atoms with Gasteiger partial charge in [0, 0.05) is 11.0 Å². The van der Waals surface area contributed by atoms with Crippen LogP contribution in [0.3, 0.4) is 0 Å². The number of rotatable bonds is 5. The van der Waals surface area contributed by atoms with Crippen LogP contribution in [0.15, 0.2) is 53.0 Å². The van der Waals surface area contributed by atoms with Crippen LogP contribution in [0.4, 0.5) is 5.82 Å². The quantitative estimate of drug-likeness (QED) is 0.490. The number of ether oxygens (including phenoxy) is 1. The van der Waals surface area contributed by atoms with Crippen LogP contribution < -0.4 is 15.8 Å². The van der Waals surface area contributed by atoms with E-state index in [1.54, 1.807) is 18.2 Å². The maximum Gasteiger partial charge on any atom is 0.142 e. The first kappa shape index (κ1) is 21.2. The van der Waals surface area contributed by atoms with Crippen molar-refractivity contribution in [3.63, 3.8) is 0 Å². The zero-order valence-corrected chi connectivity index (χ0v) is 18.5. The number of aromatic hydroxyl groups is 1. The minimum Gasteiger partial charge on any atom is -0.507 e. The SMILES string of the molecule is N#Cc1c(C2CCCNC2)cc(-c2c(O)cccc2OCc2cccc(Br)c2)nc1N. The zero-order chi connectivity index (χ0) is 21.8. The summed E-state index contributed by atoms with van der Waals surface area (Å²) in [7, 11) is 0. The maximum atomic E-state index is 10.7. The van der Waals surface area contributed by atoms with Crippen LogP contribution in [0.5, 0.6) is 11.5 Å². The smallest absolute Gasteiger partial charge is 0.142 e. The second-order valence-corrected chi connectivity index (χ2v) is 8.50. The van der Waals surface area contributed by atoms with Crippen LogP contribution in [0.2, 0.25) is 0 Å². The number of nitrogens with one attached hydrogen (secondary N) is 1. The first-order valence-corrected chi connectivity index (χ1v) is 11.0. The Balaban J connectivity index is 1.73. The van der Waals surface area contributed by atoms with E-state index in [2.05, 4.69) is 32.3 Å². The third-order valence-electron chi connectivity index (χ3n) is 5.47. The summed E-state index contributed by atoms with van der Waals surface area (Å²) in [6.07, 6.45) is 2.00. The normalized spacial score (nSPS) is 15.9. The van der Waals surface area contributed by atoms with Gasteiger partial charge in [0.2, 0.25) is 0 Å². The highest BCUT2D eigenvalue weighted by atomic mass is 79.9. The Morgan fingerprint density at radius 3 is 2.84 bits per heavy atom. The summed E-state index contributed by atoms with van der Waals surface area (Å²) in [5, 5.41) is 23.7. The van der Waals surface area contributed by atoms with Crippen molar-refractivity contribution in [2.75, 3.05) is 18.8 Å². The van der Waals surface area contributed by atoms with Crippen LogP contribution in [-0.4, -0.2) is 23.2 Å². The molecule has 0 bridgehead atoms. The topological polar surface area (TPSA) is 104 Å². The molecule has 1 aliphatic heterocycles. The summed E-state index contributed by atoms with van der Waals surface area (Å²) in [6.45, 7) is 2.09. The summed E-state index contributed by atoms with van der Waals surface area (Å²) < 4.78 is 7.03. The molecule has 2 aromatic carbocycles. The Labute approximate surface area is 189 Å². The molecular weight excluding hydrogens is 456 g/mol. The van der Waals surface area contributed by atoms with Gasteiger partial charge in [0.1, 0.15) is 30.0 Å². The van der Waals surface area contributed by atoms with Crippen molar-refractivity contribution in [1.29, 1.82) is 5.26 Å². The fraction of sp³-hybridized carbons (Fsp3) is 0.250. The number of halogens is 1. The number of phenols is 1. The summed E-state index contributed by atoms with van der Waals surface area (Å²) in [5.41, 5.74) is 9.40. The Morgan fingerprint density at radius 1 is 1.26 bits per heavy atom. The van der Waals surface area contributed by atoms with Crippen LogP contribution in [0, 0.1) is 11.3 Å². The van der Waals surface area contributed by atoms with E-state index in [4.69, 9.17) is 10.5 Å². The second kappa shape index (κ2) is 9.38. The molecule has 31 heavy (non-hydrogen) atoms. The van der Waals surface area contributed by atoms with Crippen molar-refractivity contribution in [3.8, 4) is 28.8 Å². The van der Waals surface area contributed by atoms with Gasteiger partial charge in [-0.05, 0) is 66.8 Å².